The Hall–Kier alpha value is -2.89. The van der Waals surface area contributed by atoms with Crippen molar-refractivity contribution in [1.82, 2.24) is 4.90 Å². The third kappa shape index (κ3) is 6.91. The lowest BCUT2D eigenvalue weighted by Gasteiger charge is -2.19. The highest BCUT2D eigenvalue weighted by Crippen LogP contribution is 2.07. The van der Waals surface area contributed by atoms with Crippen LogP contribution in [-0.4, -0.2) is 43.4 Å². The molecule has 6 nitrogen and oxygen atoms in total. The molecule has 6 heteroatoms. The van der Waals surface area contributed by atoms with Gasteiger partial charge in [-0.1, -0.05) is 36.4 Å². The van der Waals surface area contributed by atoms with Crippen LogP contribution in [0, 0.1) is 0 Å². The molecule has 0 atom stereocenters. The topological polar surface area (TPSA) is 72.9 Å². The Balaban J connectivity index is 2.90. The summed E-state index contributed by atoms with van der Waals surface area (Å²) in [6, 6.07) is 9.54. The molecule has 0 N–H and O–H groups in total. The SMILES string of the molecule is CCOC(=O)/C=C/CN(/C=C(\C=O)C(=O)OC)Cc1ccccc1. The largest absolute Gasteiger partial charge is 0.465 e. The maximum atomic E-state index is 11.6. The van der Waals surface area contributed by atoms with Crippen LogP contribution < -0.4 is 0 Å². The second kappa shape index (κ2) is 10.8. The van der Waals surface area contributed by atoms with E-state index in [2.05, 4.69) is 4.74 Å². The normalized spacial score (nSPS) is 11.2. The first-order chi connectivity index (χ1) is 11.6. The molecule has 1 rings (SSSR count). The van der Waals surface area contributed by atoms with Gasteiger partial charge in [0.1, 0.15) is 5.57 Å². The van der Waals surface area contributed by atoms with Crippen LogP contribution in [0.4, 0.5) is 0 Å². The third-order valence-corrected chi connectivity index (χ3v) is 2.98. The second-order valence-corrected chi connectivity index (χ2v) is 4.76. The van der Waals surface area contributed by atoms with Crippen molar-refractivity contribution in [2.75, 3.05) is 20.3 Å². The second-order valence-electron chi connectivity index (χ2n) is 4.76. The fourth-order valence-corrected chi connectivity index (χ4v) is 1.90. The summed E-state index contributed by atoms with van der Waals surface area (Å²) >= 11 is 0. The van der Waals surface area contributed by atoms with Crippen LogP contribution in [0.1, 0.15) is 12.5 Å². The van der Waals surface area contributed by atoms with Gasteiger partial charge in [0.25, 0.3) is 0 Å². The van der Waals surface area contributed by atoms with E-state index in [4.69, 9.17) is 4.74 Å². The summed E-state index contributed by atoms with van der Waals surface area (Å²) in [5.41, 5.74) is 0.895. The summed E-state index contributed by atoms with van der Waals surface area (Å²) in [6.07, 6.45) is 4.78. The summed E-state index contributed by atoms with van der Waals surface area (Å²) in [5, 5.41) is 0. The maximum absolute atomic E-state index is 11.6. The predicted molar refractivity (Wildman–Crippen MR) is 88.8 cm³/mol. The van der Waals surface area contributed by atoms with Crippen molar-refractivity contribution in [1.29, 1.82) is 0 Å². The Morgan fingerprint density at radius 3 is 2.50 bits per heavy atom. The zero-order chi connectivity index (χ0) is 17.8. The molecule has 0 aliphatic heterocycles. The van der Waals surface area contributed by atoms with Gasteiger partial charge in [-0.15, -0.1) is 0 Å². The molecule has 0 unspecified atom stereocenters. The Bertz CT molecular complexity index is 607. The van der Waals surface area contributed by atoms with Crippen molar-refractivity contribution in [3.63, 3.8) is 0 Å². The standard InChI is InChI=1S/C18H21NO5/c1-3-24-17(21)10-7-11-19(12-15-8-5-4-6-9-15)13-16(14-20)18(22)23-2/h4-10,13-14H,3,11-12H2,1-2H3/b10-7+,16-13+. The van der Waals surface area contributed by atoms with Crippen LogP contribution in [-0.2, 0) is 30.4 Å². The zero-order valence-electron chi connectivity index (χ0n) is 13.8. The molecule has 0 saturated carbocycles. The molecule has 128 valence electrons. The van der Waals surface area contributed by atoms with E-state index in [9.17, 15) is 14.4 Å². The summed E-state index contributed by atoms with van der Waals surface area (Å²) in [6.45, 7) is 2.81. The molecule has 0 bridgehead atoms. The number of carbonyl (C=O) groups excluding carboxylic acids is 3. The van der Waals surface area contributed by atoms with Crippen molar-refractivity contribution >= 4 is 18.2 Å². The fourth-order valence-electron chi connectivity index (χ4n) is 1.90. The molecular weight excluding hydrogens is 310 g/mol. The van der Waals surface area contributed by atoms with Crippen molar-refractivity contribution in [2.45, 2.75) is 13.5 Å². The minimum Gasteiger partial charge on any atom is -0.465 e. The van der Waals surface area contributed by atoms with Crippen molar-refractivity contribution in [3.8, 4) is 0 Å². The maximum Gasteiger partial charge on any atom is 0.342 e. The highest BCUT2D eigenvalue weighted by atomic mass is 16.5. The molecule has 24 heavy (non-hydrogen) atoms. The Morgan fingerprint density at radius 2 is 1.92 bits per heavy atom. The van der Waals surface area contributed by atoms with Gasteiger partial charge >= 0.3 is 11.9 Å². The molecule has 0 aromatic heterocycles. The summed E-state index contributed by atoms with van der Waals surface area (Å²) in [5.74, 6) is -1.15. The molecule has 0 radical (unpaired) electrons. The van der Waals surface area contributed by atoms with E-state index < -0.39 is 11.9 Å². The van der Waals surface area contributed by atoms with E-state index in [1.165, 1.54) is 19.4 Å². The van der Waals surface area contributed by atoms with Gasteiger partial charge in [-0.05, 0) is 12.5 Å². The van der Waals surface area contributed by atoms with Crippen LogP contribution in [0.3, 0.4) is 0 Å². The molecule has 0 amide bonds. The lowest BCUT2D eigenvalue weighted by Crippen LogP contribution is -2.20. The Morgan fingerprint density at radius 1 is 1.21 bits per heavy atom. The van der Waals surface area contributed by atoms with Gasteiger partial charge in [-0.3, -0.25) is 4.79 Å². The fraction of sp³-hybridized carbons (Fsp3) is 0.278. The molecule has 1 aromatic rings. The first-order valence-electron chi connectivity index (χ1n) is 7.47. The molecule has 0 fully saturated rings. The average Bonchev–Trinajstić information content (AvgIpc) is 2.59. The van der Waals surface area contributed by atoms with E-state index in [-0.39, 0.29) is 5.57 Å². The Labute approximate surface area is 141 Å². The number of benzene rings is 1. The number of aldehydes is 1. The monoisotopic (exact) mass is 331 g/mol. The molecule has 0 aliphatic carbocycles. The first-order valence-corrected chi connectivity index (χ1v) is 7.47. The van der Waals surface area contributed by atoms with E-state index in [0.717, 1.165) is 5.56 Å². The molecule has 0 saturated heterocycles. The van der Waals surface area contributed by atoms with Gasteiger partial charge in [-0.2, -0.15) is 0 Å². The number of methoxy groups -OCH3 is 1. The van der Waals surface area contributed by atoms with Gasteiger partial charge in [0, 0.05) is 25.4 Å². The number of hydrogen-bond donors (Lipinski definition) is 0. The lowest BCUT2D eigenvalue weighted by atomic mass is 10.2. The Kier molecular flexibility index (Phi) is 8.60. The van der Waals surface area contributed by atoms with Crippen LogP contribution in [0.25, 0.3) is 0 Å². The number of ether oxygens (including phenoxy) is 2. The van der Waals surface area contributed by atoms with Crippen LogP contribution in [0.5, 0.6) is 0 Å². The average molecular weight is 331 g/mol. The zero-order valence-corrected chi connectivity index (χ0v) is 13.8. The van der Waals surface area contributed by atoms with Crippen molar-refractivity contribution in [3.05, 3.63) is 59.8 Å². The van der Waals surface area contributed by atoms with Gasteiger partial charge in [0.2, 0.25) is 0 Å². The third-order valence-electron chi connectivity index (χ3n) is 2.98. The van der Waals surface area contributed by atoms with Gasteiger partial charge in [0.15, 0.2) is 6.29 Å². The van der Waals surface area contributed by atoms with E-state index in [1.807, 2.05) is 30.3 Å². The number of hydrogen-bond acceptors (Lipinski definition) is 6. The van der Waals surface area contributed by atoms with Gasteiger partial charge in [0.05, 0.1) is 13.7 Å². The number of rotatable bonds is 9. The van der Waals surface area contributed by atoms with Crippen LogP contribution in [0.15, 0.2) is 54.3 Å². The van der Waals surface area contributed by atoms with Crippen molar-refractivity contribution in [2.24, 2.45) is 0 Å². The molecule has 0 spiro atoms. The highest BCUT2D eigenvalue weighted by Gasteiger charge is 2.11. The minimum atomic E-state index is -0.711. The lowest BCUT2D eigenvalue weighted by molar-refractivity contribution is -0.138. The molecule has 1 aromatic carbocycles. The summed E-state index contributed by atoms with van der Waals surface area (Å²) < 4.78 is 9.38. The van der Waals surface area contributed by atoms with Crippen molar-refractivity contribution < 1.29 is 23.9 Å². The number of nitrogens with zero attached hydrogens (tertiary/aromatic N) is 1. The molecule has 0 aliphatic rings. The minimum absolute atomic E-state index is 0.0991. The van der Waals surface area contributed by atoms with E-state index >= 15 is 0 Å². The summed E-state index contributed by atoms with van der Waals surface area (Å²) in [7, 11) is 1.21. The number of esters is 2. The van der Waals surface area contributed by atoms with Crippen LogP contribution in [0.2, 0.25) is 0 Å². The van der Waals surface area contributed by atoms with E-state index in [1.54, 1.807) is 17.9 Å². The predicted octanol–water partition coefficient (Wildman–Crippen LogP) is 1.86. The van der Waals surface area contributed by atoms with Gasteiger partial charge in [-0.25, -0.2) is 9.59 Å². The van der Waals surface area contributed by atoms with Crippen LogP contribution >= 0.6 is 0 Å². The molecule has 0 heterocycles. The summed E-state index contributed by atoms with van der Waals surface area (Å²) in [4.78, 5) is 35.7. The smallest absolute Gasteiger partial charge is 0.342 e. The highest BCUT2D eigenvalue weighted by molar-refractivity contribution is 6.07. The number of carbonyl (C=O) groups is 3. The van der Waals surface area contributed by atoms with E-state index in [0.29, 0.717) is 26.0 Å². The quantitative estimate of drug-likeness (QED) is 0.226. The first kappa shape index (κ1) is 19.2. The van der Waals surface area contributed by atoms with Gasteiger partial charge < -0.3 is 14.4 Å². The molecular formula is C18H21NO5.